The summed E-state index contributed by atoms with van der Waals surface area (Å²) < 4.78 is 35.3. The van der Waals surface area contributed by atoms with Gasteiger partial charge in [0.15, 0.2) is 5.72 Å². The Morgan fingerprint density at radius 3 is 2.39 bits per heavy atom. The number of hydrogen-bond donors (Lipinski definition) is 2. The predicted molar refractivity (Wildman–Crippen MR) is 231 cm³/mol. The van der Waals surface area contributed by atoms with Crippen LogP contribution in [0.4, 0.5) is 15.3 Å². The SMILES string of the molecule is COc1cc2cc(c1Cl)N(C)C(=O)CC(OC(=O)[C@@H](C)N(C)C(=O)OCC1c3ccccc3-c3ccccc31)C1(C)OC1C(C)C1CC(O)(NC(=O)O1)C(OC)/C=C/C=C(\C)C2. The molecule has 4 aliphatic rings. The van der Waals surface area contributed by atoms with Crippen LogP contribution in [0.25, 0.3) is 11.1 Å². The predicted octanol–water partition coefficient (Wildman–Crippen LogP) is 6.94. The van der Waals surface area contributed by atoms with Gasteiger partial charge in [-0.25, -0.2) is 14.4 Å². The molecule has 15 heteroatoms. The van der Waals surface area contributed by atoms with Crippen molar-refractivity contribution >= 4 is 41.4 Å². The number of ether oxygens (including phenoxy) is 6. The number of fused-ring (bicyclic) bond motifs is 8. The van der Waals surface area contributed by atoms with E-state index in [9.17, 15) is 24.3 Å². The summed E-state index contributed by atoms with van der Waals surface area (Å²) in [5.41, 5.74) is 3.23. The third kappa shape index (κ3) is 8.65. The number of methoxy groups -OCH3 is 2. The number of amides is 3. The molecule has 3 amide bonds. The summed E-state index contributed by atoms with van der Waals surface area (Å²) in [5, 5.41) is 14.6. The van der Waals surface area contributed by atoms with Crippen LogP contribution in [0.2, 0.25) is 5.02 Å². The Morgan fingerprint density at radius 2 is 1.74 bits per heavy atom. The van der Waals surface area contributed by atoms with Crippen molar-refractivity contribution < 1.29 is 52.7 Å². The van der Waals surface area contributed by atoms with Crippen molar-refractivity contribution in [2.75, 3.05) is 39.8 Å². The van der Waals surface area contributed by atoms with Crippen LogP contribution < -0.4 is 15.0 Å². The molecule has 8 atom stereocenters. The van der Waals surface area contributed by atoms with Crippen LogP contribution in [0, 0.1) is 5.92 Å². The van der Waals surface area contributed by atoms with Gasteiger partial charge in [0.25, 0.3) is 0 Å². The van der Waals surface area contributed by atoms with Crippen LogP contribution in [-0.4, -0.2) is 111 Å². The number of alkyl carbamates (subject to hydrolysis) is 1. The maximum Gasteiger partial charge on any atom is 0.410 e. The summed E-state index contributed by atoms with van der Waals surface area (Å²) in [7, 11) is 5.94. The molecule has 3 aliphatic heterocycles. The van der Waals surface area contributed by atoms with Gasteiger partial charge in [-0.3, -0.25) is 15.0 Å². The Morgan fingerprint density at radius 1 is 1.08 bits per heavy atom. The van der Waals surface area contributed by atoms with Crippen molar-refractivity contribution in [2.24, 2.45) is 5.92 Å². The molecule has 3 heterocycles. The minimum absolute atomic E-state index is 0.0517. The highest BCUT2D eigenvalue weighted by Gasteiger charge is 2.64. The Bertz CT molecular complexity index is 2250. The van der Waals surface area contributed by atoms with Crippen molar-refractivity contribution in [1.29, 1.82) is 0 Å². The standard InChI is InChI=1S/C47H54ClN3O11/c1-26-14-13-19-38(58-8)47(56)24-37(60-44(54)49-47)27(2)42-46(4,62-42)39(23-40(52)51(6)35-21-29(20-26)22-36(57-7)41(35)48)61-43(53)28(3)50(5)45(55)59-25-34-32-17-11-9-15-30(32)31-16-10-12-18-33(31)34/h9-19,21-22,27-28,34,37-39,42,56H,20,23-25H2,1-8H3,(H,49,54)/b19-13+,26-14+/t27?,28-,37?,38?,39?,42?,46?,47?/m1/s1. The first-order valence-electron chi connectivity index (χ1n) is 20.7. The van der Waals surface area contributed by atoms with Crippen LogP contribution in [0.5, 0.6) is 5.75 Å². The molecule has 62 heavy (non-hydrogen) atoms. The second kappa shape index (κ2) is 17.8. The molecule has 330 valence electrons. The zero-order valence-corrected chi connectivity index (χ0v) is 36.9. The lowest BCUT2D eigenvalue weighted by Crippen LogP contribution is -2.63. The quantitative estimate of drug-likeness (QED) is 0.144. The molecule has 2 saturated heterocycles. The first kappa shape index (κ1) is 44.6. The van der Waals surface area contributed by atoms with Gasteiger partial charge in [-0.15, -0.1) is 0 Å². The average molecular weight is 872 g/mol. The largest absolute Gasteiger partial charge is 0.495 e. The maximum absolute atomic E-state index is 14.3. The number of nitrogens with one attached hydrogen (secondary N) is 1. The lowest BCUT2D eigenvalue weighted by atomic mass is 9.83. The molecule has 3 aromatic carbocycles. The van der Waals surface area contributed by atoms with E-state index in [1.807, 2.05) is 61.5 Å². The third-order valence-corrected chi connectivity index (χ3v) is 13.1. The number of aliphatic hydroxyl groups is 1. The fourth-order valence-electron chi connectivity index (χ4n) is 8.86. The zero-order chi connectivity index (χ0) is 44.7. The molecule has 7 unspecified atom stereocenters. The Kier molecular flexibility index (Phi) is 12.8. The molecule has 0 aromatic heterocycles. The third-order valence-electron chi connectivity index (χ3n) is 12.8. The molecule has 7 rings (SSSR count). The molecule has 0 radical (unpaired) electrons. The molecule has 14 nitrogen and oxygen atoms in total. The number of carbonyl (C=O) groups is 4. The number of benzene rings is 3. The summed E-state index contributed by atoms with van der Waals surface area (Å²) in [4.78, 5) is 57.5. The Labute approximate surface area is 366 Å². The molecule has 1 aliphatic carbocycles. The second-order valence-corrected chi connectivity index (χ2v) is 17.2. The monoisotopic (exact) mass is 871 g/mol. The van der Waals surface area contributed by atoms with Crippen molar-refractivity contribution in [1.82, 2.24) is 10.2 Å². The maximum atomic E-state index is 14.3. The van der Waals surface area contributed by atoms with Gasteiger partial charge in [-0.2, -0.15) is 0 Å². The van der Waals surface area contributed by atoms with Gasteiger partial charge < -0.3 is 38.4 Å². The van der Waals surface area contributed by atoms with E-state index in [2.05, 4.69) is 5.32 Å². The average Bonchev–Trinajstić information content (AvgIpc) is 3.85. The number of allylic oxidation sites excluding steroid dienone is 3. The van der Waals surface area contributed by atoms with Gasteiger partial charge in [0, 0.05) is 39.5 Å². The minimum atomic E-state index is -1.85. The van der Waals surface area contributed by atoms with E-state index in [4.69, 9.17) is 40.0 Å². The van der Waals surface area contributed by atoms with Gasteiger partial charge in [0.1, 0.15) is 47.3 Å². The van der Waals surface area contributed by atoms with E-state index >= 15 is 0 Å². The first-order valence-corrected chi connectivity index (χ1v) is 21.0. The van der Waals surface area contributed by atoms with E-state index in [0.29, 0.717) is 17.9 Å². The smallest absolute Gasteiger partial charge is 0.410 e. The van der Waals surface area contributed by atoms with Gasteiger partial charge in [0.05, 0.1) is 25.3 Å². The summed E-state index contributed by atoms with van der Waals surface area (Å²) >= 11 is 6.81. The molecular formula is C47H54ClN3O11. The summed E-state index contributed by atoms with van der Waals surface area (Å²) in [5.74, 6) is -1.65. The highest BCUT2D eigenvalue weighted by Crippen LogP contribution is 2.49. The van der Waals surface area contributed by atoms with E-state index in [1.54, 1.807) is 45.2 Å². The van der Waals surface area contributed by atoms with Gasteiger partial charge in [-0.05, 0) is 67.1 Å². The molecule has 4 bridgehead atoms. The summed E-state index contributed by atoms with van der Waals surface area (Å²) in [6.45, 7) is 6.99. The number of nitrogens with zero attached hydrogens (tertiary/aromatic N) is 2. The van der Waals surface area contributed by atoms with Crippen molar-refractivity contribution in [3.8, 4) is 16.9 Å². The lowest BCUT2D eigenvalue weighted by Gasteiger charge is -2.42. The molecule has 2 fully saturated rings. The highest BCUT2D eigenvalue weighted by atomic mass is 35.5. The number of hydrogen-bond acceptors (Lipinski definition) is 11. The van der Waals surface area contributed by atoms with Crippen molar-refractivity contribution in [3.63, 3.8) is 0 Å². The van der Waals surface area contributed by atoms with Crippen LogP contribution in [0.3, 0.4) is 0 Å². The normalized spacial score (nSPS) is 29.0. The number of likely N-dealkylation sites (N-methyl/N-ethyl adjacent to an activating group) is 1. The van der Waals surface area contributed by atoms with Crippen LogP contribution >= 0.6 is 11.6 Å². The Balaban J connectivity index is 1.15. The highest BCUT2D eigenvalue weighted by molar-refractivity contribution is 6.35. The molecule has 2 N–H and O–H groups in total. The van der Waals surface area contributed by atoms with E-state index < -0.39 is 71.8 Å². The number of esters is 1. The number of anilines is 1. The molecule has 0 saturated carbocycles. The first-order chi connectivity index (χ1) is 29.5. The van der Waals surface area contributed by atoms with Gasteiger partial charge >= 0.3 is 18.2 Å². The van der Waals surface area contributed by atoms with Gasteiger partial charge in [0.2, 0.25) is 5.91 Å². The number of epoxide rings is 1. The topological polar surface area (TPSA) is 166 Å². The number of rotatable bonds is 7. The van der Waals surface area contributed by atoms with Crippen LogP contribution in [0.1, 0.15) is 63.1 Å². The summed E-state index contributed by atoms with van der Waals surface area (Å²) in [6.07, 6.45) is -0.0284. The van der Waals surface area contributed by atoms with Crippen molar-refractivity contribution in [2.45, 2.75) is 94.7 Å². The van der Waals surface area contributed by atoms with E-state index in [-0.39, 0.29) is 30.4 Å². The minimum Gasteiger partial charge on any atom is -0.495 e. The zero-order valence-electron chi connectivity index (χ0n) is 36.2. The molecular weight excluding hydrogens is 818 g/mol. The van der Waals surface area contributed by atoms with Crippen LogP contribution in [0.15, 0.2) is 84.5 Å². The number of carbonyl (C=O) groups excluding carboxylic acids is 4. The lowest BCUT2D eigenvalue weighted by molar-refractivity contribution is -0.158. The Hall–Kier alpha value is -5.41. The number of halogens is 1. The van der Waals surface area contributed by atoms with E-state index in [1.165, 1.54) is 33.1 Å². The molecule has 0 spiro atoms. The van der Waals surface area contributed by atoms with Crippen LogP contribution in [-0.2, 0) is 39.7 Å². The van der Waals surface area contributed by atoms with Gasteiger partial charge in [-0.1, -0.05) is 90.9 Å². The summed E-state index contributed by atoms with van der Waals surface area (Å²) in [6, 6.07) is 18.4. The van der Waals surface area contributed by atoms with E-state index in [0.717, 1.165) is 38.3 Å². The van der Waals surface area contributed by atoms with Crippen molar-refractivity contribution in [3.05, 3.63) is 106 Å². The molecule has 3 aromatic rings. The second-order valence-electron chi connectivity index (χ2n) is 16.8. The fourth-order valence-corrected chi connectivity index (χ4v) is 9.17. The fraction of sp³-hybridized carbons (Fsp3) is 0.447.